The summed E-state index contributed by atoms with van der Waals surface area (Å²) in [6.45, 7) is 4.67. The van der Waals surface area contributed by atoms with Crippen molar-refractivity contribution < 1.29 is 23.6 Å². The molecule has 1 aromatic carbocycles. The van der Waals surface area contributed by atoms with Gasteiger partial charge < -0.3 is 24.8 Å². The zero-order valence-electron chi connectivity index (χ0n) is 17.8. The van der Waals surface area contributed by atoms with Gasteiger partial charge in [-0.15, -0.1) is 0 Å². The molecule has 9 nitrogen and oxygen atoms in total. The van der Waals surface area contributed by atoms with Crippen LogP contribution in [0.3, 0.4) is 0 Å². The SMILES string of the molecule is Cc1ccc(N(CC(=O)NC[C@@H]2CCCO2)C(=O)CCC(=O)Nc2cc(C)on2)cc1. The number of rotatable bonds is 9. The summed E-state index contributed by atoms with van der Waals surface area (Å²) < 4.78 is 10.4. The second kappa shape index (κ2) is 10.7. The number of nitrogens with zero attached hydrogens (tertiary/aromatic N) is 2. The minimum absolute atomic E-state index is 0.0244. The van der Waals surface area contributed by atoms with E-state index in [4.69, 9.17) is 9.26 Å². The maximum Gasteiger partial charge on any atom is 0.240 e. The van der Waals surface area contributed by atoms with Crippen molar-refractivity contribution in [3.05, 3.63) is 41.7 Å². The van der Waals surface area contributed by atoms with Gasteiger partial charge in [0.1, 0.15) is 12.3 Å². The van der Waals surface area contributed by atoms with Crippen LogP contribution in [0, 0.1) is 13.8 Å². The Hall–Kier alpha value is -3.20. The van der Waals surface area contributed by atoms with E-state index in [-0.39, 0.29) is 43.2 Å². The number of nitrogens with one attached hydrogen (secondary N) is 2. The van der Waals surface area contributed by atoms with Crippen LogP contribution in [-0.2, 0) is 19.1 Å². The first kappa shape index (κ1) is 22.5. The van der Waals surface area contributed by atoms with E-state index in [9.17, 15) is 14.4 Å². The fourth-order valence-electron chi connectivity index (χ4n) is 3.27. The number of hydrogen-bond acceptors (Lipinski definition) is 6. The van der Waals surface area contributed by atoms with Crippen molar-refractivity contribution in [3.63, 3.8) is 0 Å². The standard InChI is InChI=1S/C22H28N4O5/c1-15-5-7-17(8-6-15)26(14-21(28)23-13-18-4-3-11-30-18)22(29)10-9-20(27)24-19-12-16(2)31-25-19/h5-8,12,18H,3-4,9-11,13-14H2,1-2H3,(H,23,28)(H,24,25,27)/t18-/m0/s1. The molecule has 1 saturated heterocycles. The lowest BCUT2D eigenvalue weighted by atomic mass is 10.2. The number of ether oxygens (including phenoxy) is 1. The Morgan fingerprint density at radius 2 is 1.90 bits per heavy atom. The van der Waals surface area contributed by atoms with Gasteiger partial charge in [0, 0.05) is 37.7 Å². The molecule has 0 spiro atoms. The fourth-order valence-corrected chi connectivity index (χ4v) is 3.27. The average molecular weight is 428 g/mol. The third-order valence-corrected chi connectivity index (χ3v) is 4.96. The van der Waals surface area contributed by atoms with Gasteiger partial charge in [-0.25, -0.2) is 0 Å². The zero-order valence-corrected chi connectivity index (χ0v) is 17.8. The number of anilines is 2. The van der Waals surface area contributed by atoms with Crippen molar-refractivity contribution in [1.29, 1.82) is 0 Å². The summed E-state index contributed by atoms with van der Waals surface area (Å²) in [5.74, 6) is -0.0623. The summed E-state index contributed by atoms with van der Waals surface area (Å²) in [4.78, 5) is 38.9. The number of carbonyl (C=O) groups is 3. The maximum absolute atomic E-state index is 12.9. The van der Waals surface area contributed by atoms with Crippen LogP contribution >= 0.6 is 0 Å². The molecule has 2 N–H and O–H groups in total. The van der Waals surface area contributed by atoms with Crippen LogP contribution in [0.15, 0.2) is 34.9 Å². The molecule has 0 saturated carbocycles. The van der Waals surface area contributed by atoms with Crippen molar-refractivity contribution in [2.75, 3.05) is 29.9 Å². The predicted molar refractivity (Wildman–Crippen MR) is 115 cm³/mol. The molecule has 9 heteroatoms. The summed E-state index contributed by atoms with van der Waals surface area (Å²) in [6, 6.07) is 8.92. The summed E-state index contributed by atoms with van der Waals surface area (Å²) in [6.07, 6.45) is 1.85. The van der Waals surface area contributed by atoms with Crippen LogP contribution in [0.2, 0.25) is 0 Å². The van der Waals surface area contributed by atoms with E-state index in [0.29, 0.717) is 30.4 Å². The van der Waals surface area contributed by atoms with Crippen molar-refractivity contribution in [3.8, 4) is 0 Å². The molecule has 0 unspecified atom stereocenters. The van der Waals surface area contributed by atoms with Gasteiger partial charge in [-0.3, -0.25) is 14.4 Å². The van der Waals surface area contributed by atoms with E-state index in [1.165, 1.54) is 4.90 Å². The topological polar surface area (TPSA) is 114 Å². The Balaban J connectivity index is 1.58. The maximum atomic E-state index is 12.9. The van der Waals surface area contributed by atoms with Crippen molar-refractivity contribution in [2.45, 2.75) is 45.6 Å². The molecule has 1 fully saturated rings. The van der Waals surface area contributed by atoms with Crippen LogP contribution in [0.4, 0.5) is 11.5 Å². The number of hydrogen-bond donors (Lipinski definition) is 2. The van der Waals surface area contributed by atoms with E-state index >= 15 is 0 Å². The smallest absolute Gasteiger partial charge is 0.240 e. The molecule has 1 aliphatic rings. The molecule has 1 aliphatic heterocycles. The summed E-state index contributed by atoms with van der Waals surface area (Å²) in [7, 11) is 0. The highest BCUT2D eigenvalue weighted by Crippen LogP contribution is 2.17. The van der Waals surface area contributed by atoms with E-state index in [1.54, 1.807) is 25.1 Å². The number of aromatic nitrogens is 1. The minimum Gasteiger partial charge on any atom is -0.376 e. The van der Waals surface area contributed by atoms with E-state index in [0.717, 1.165) is 18.4 Å². The van der Waals surface area contributed by atoms with Gasteiger partial charge >= 0.3 is 0 Å². The van der Waals surface area contributed by atoms with Crippen LogP contribution < -0.4 is 15.5 Å². The van der Waals surface area contributed by atoms with Gasteiger partial charge in [-0.2, -0.15) is 0 Å². The number of benzene rings is 1. The van der Waals surface area contributed by atoms with Crippen LogP contribution in [0.1, 0.15) is 37.0 Å². The highest BCUT2D eigenvalue weighted by molar-refractivity contribution is 6.01. The van der Waals surface area contributed by atoms with Gasteiger partial charge in [0.15, 0.2) is 5.82 Å². The zero-order chi connectivity index (χ0) is 22.2. The van der Waals surface area contributed by atoms with Crippen molar-refractivity contribution >= 4 is 29.2 Å². The minimum atomic E-state index is -0.353. The number of amides is 3. The second-order valence-corrected chi connectivity index (χ2v) is 7.63. The molecule has 3 rings (SSSR count). The first-order valence-corrected chi connectivity index (χ1v) is 10.4. The van der Waals surface area contributed by atoms with Crippen LogP contribution in [0.25, 0.3) is 0 Å². The average Bonchev–Trinajstić information content (AvgIpc) is 3.41. The normalized spacial score (nSPS) is 15.5. The molecule has 0 bridgehead atoms. The lowest BCUT2D eigenvalue weighted by Gasteiger charge is -2.23. The quantitative estimate of drug-likeness (QED) is 0.634. The van der Waals surface area contributed by atoms with Gasteiger partial charge in [0.2, 0.25) is 17.7 Å². The molecular weight excluding hydrogens is 400 g/mol. The van der Waals surface area contributed by atoms with Crippen molar-refractivity contribution in [2.24, 2.45) is 0 Å². The van der Waals surface area contributed by atoms with Gasteiger partial charge in [-0.1, -0.05) is 22.9 Å². The molecule has 2 aromatic rings. The highest BCUT2D eigenvalue weighted by Gasteiger charge is 2.22. The lowest BCUT2D eigenvalue weighted by Crippen LogP contribution is -2.43. The van der Waals surface area contributed by atoms with E-state index < -0.39 is 0 Å². The molecule has 0 radical (unpaired) electrons. The Bertz CT molecular complexity index is 903. The summed E-state index contributed by atoms with van der Waals surface area (Å²) >= 11 is 0. The molecule has 1 atom stereocenters. The summed E-state index contributed by atoms with van der Waals surface area (Å²) in [5.41, 5.74) is 1.65. The van der Waals surface area contributed by atoms with E-state index in [1.807, 2.05) is 19.1 Å². The number of aryl methyl sites for hydroxylation is 2. The Morgan fingerprint density at radius 3 is 2.55 bits per heavy atom. The molecule has 1 aromatic heterocycles. The second-order valence-electron chi connectivity index (χ2n) is 7.63. The summed E-state index contributed by atoms with van der Waals surface area (Å²) in [5, 5.41) is 9.12. The van der Waals surface area contributed by atoms with Gasteiger partial charge in [0.05, 0.1) is 6.10 Å². The molecule has 2 heterocycles. The molecular formula is C22H28N4O5. The number of carbonyl (C=O) groups excluding carboxylic acids is 3. The molecule has 0 aliphatic carbocycles. The van der Waals surface area contributed by atoms with Crippen LogP contribution in [0.5, 0.6) is 0 Å². The molecule has 31 heavy (non-hydrogen) atoms. The Labute approximate surface area is 181 Å². The highest BCUT2D eigenvalue weighted by atomic mass is 16.5. The lowest BCUT2D eigenvalue weighted by molar-refractivity contribution is -0.125. The predicted octanol–water partition coefficient (Wildman–Crippen LogP) is 2.34. The Morgan fingerprint density at radius 1 is 1.13 bits per heavy atom. The monoisotopic (exact) mass is 428 g/mol. The fraction of sp³-hybridized carbons (Fsp3) is 0.455. The Kier molecular flexibility index (Phi) is 7.77. The van der Waals surface area contributed by atoms with Gasteiger partial charge in [0.25, 0.3) is 0 Å². The third-order valence-electron chi connectivity index (χ3n) is 4.96. The first-order chi connectivity index (χ1) is 14.9. The van der Waals surface area contributed by atoms with Gasteiger partial charge in [-0.05, 0) is 38.8 Å². The van der Waals surface area contributed by atoms with E-state index in [2.05, 4.69) is 15.8 Å². The molecule has 3 amide bonds. The van der Waals surface area contributed by atoms with Crippen molar-refractivity contribution in [1.82, 2.24) is 10.5 Å². The molecule has 166 valence electrons. The first-order valence-electron chi connectivity index (χ1n) is 10.4. The van der Waals surface area contributed by atoms with Crippen LogP contribution in [-0.4, -0.2) is 48.7 Å². The largest absolute Gasteiger partial charge is 0.376 e. The third kappa shape index (κ3) is 6.92.